The van der Waals surface area contributed by atoms with Crippen LogP contribution in [0.4, 0.5) is 0 Å². The summed E-state index contributed by atoms with van der Waals surface area (Å²) in [5, 5.41) is 8.86. The maximum atomic E-state index is 8.86. The summed E-state index contributed by atoms with van der Waals surface area (Å²) in [5.74, 6) is 0.645. The fraction of sp³-hybridized carbons (Fsp3) is 0.312. The summed E-state index contributed by atoms with van der Waals surface area (Å²) in [6, 6.07) is 14.2. The van der Waals surface area contributed by atoms with Crippen LogP contribution in [0.1, 0.15) is 17.0 Å². The van der Waals surface area contributed by atoms with Crippen LogP contribution in [0, 0.1) is 24.2 Å². The maximum absolute atomic E-state index is 8.86. The first kappa shape index (κ1) is 12.0. The summed E-state index contributed by atoms with van der Waals surface area (Å²) in [4.78, 5) is 0. The van der Waals surface area contributed by atoms with E-state index in [4.69, 9.17) is 10.00 Å². The third-order valence-corrected chi connectivity index (χ3v) is 3.62. The van der Waals surface area contributed by atoms with Crippen LogP contribution in [0.2, 0.25) is 0 Å². The number of hydrogen-bond acceptors (Lipinski definition) is 2. The number of rotatable bonds is 3. The van der Waals surface area contributed by atoms with Gasteiger partial charge in [0.15, 0.2) is 0 Å². The van der Waals surface area contributed by atoms with Gasteiger partial charge in [-0.15, -0.1) is 0 Å². The van der Waals surface area contributed by atoms with Crippen LogP contribution in [-0.2, 0) is 11.2 Å². The van der Waals surface area contributed by atoms with Crippen LogP contribution in [0.5, 0.6) is 0 Å². The minimum atomic E-state index is 0.645. The molecule has 0 radical (unpaired) electrons. The Hall–Kier alpha value is -2.05. The van der Waals surface area contributed by atoms with Gasteiger partial charge < -0.3 is 9.30 Å². The van der Waals surface area contributed by atoms with Gasteiger partial charge in [-0.1, -0.05) is 0 Å². The van der Waals surface area contributed by atoms with Gasteiger partial charge in [-0.2, -0.15) is 5.26 Å². The molecule has 96 valence electrons. The Morgan fingerprint density at radius 2 is 1.95 bits per heavy atom. The zero-order valence-electron chi connectivity index (χ0n) is 11.0. The van der Waals surface area contributed by atoms with E-state index in [-0.39, 0.29) is 0 Å². The van der Waals surface area contributed by atoms with E-state index in [9.17, 15) is 0 Å². The molecule has 1 saturated heterocycles. The minimum absolute atomic E-state index is 0.645. The van der Waals surface area contributed by atoms with Crippen molar-refractivity contribution in [3.8, 4) is 11.8 Å². The fourth-order valence-electron chi connectivity index (χ4n) is 2.50. The van der Waals surface area contributed by atoms with Crippen molar-refractivity contribution in [3.63, 3.8) is 0 Å². The van der Waals surface area contributed by atoms with Crippen molar-refractivity contribution < 1.29 is 4.74 Å². The molecule has 0 atom stereocenters. The molecule has 1 aliphatic rings. The molecule has 2 heterocycles. The Kier molecular flexibility index (Phi) is 3.10. The first-order chi connectivity index (χ1) is 9.28. The summed E-state index contributed by atoms with van der Waals surface area (Å²) in [6.45, 7) is 3.86. The second-order valence-electron chi connectivity index (χ2n) is 5.07. The van der Waals surface area contributed by atoms with Crippen molar-refractivity contribution in [1.29, 1.82) is 5.26 Å². The quantitative estimate of drug-likeness (QED) is 0.842. The lowest BCUT2D eigenvalue weighted by molar-refractivity contribution is -0.0318. The molecule has 0 unspecified atom stereocenters. The number of nitriles is 1. The molecule has 1 fully saturated rings. The second kappa shape index (κ2) is 4.91. The standard InChI is InChI=1S/C16H16N2O/c1-12-2-5-16(8-14-10-19-11-14)18(12)15-6-3-13(9-17)4-7-15/h2-7,14H,8,10-11H2,1H3. The van der Waals surface area contributed by atoms with E-state index in [2.05, 4.69) is 29.7 Å². The van der Waals surface area contributed by atoms with Crippen LogP contribution in [0.15, 0.2) is 36.4 Å². The number of hydrogen-bond donors (Lipinski definition) is 0. The Balaban J connectivity index is 1.93. The van der Waals surface area contributed by atoms with Crippen LogP contribution in [-0.4, -0.2) is 17.8 Å². The van der Waals surface area contributed by atoms with Crippen molar-refractivity contribution in [2.75, 3.05) is 13.2 Å². The van der Waals surface area contributed by atoms with Gasteiger partial charge in [0.05, 0.1) is 24.8 Å². The molecule has 0 N–H and O–H groups in total. The lowest BCUT2D eigenvalue weighted by atomic mass is 10.0. The normalized spacial score (nSPS) is 14.9. The first-order valence-corrected chi connectivity index (χ1v) is 6.53. The van der Waals surface area contributed by atoms with Crippen molar-refractivity contribution in [2.45, 2.75) is 13.3 Å². The van der Waals surface area contributed by atoms with Crippen molar-refractivity contribution in [3.05, 3.63) is 53.3 Å². The zero-order chi connectivity index (χ0) is 13.2. The molecule has 3 heteroatoms. The highest BCUT2D eigenvalue weighted by Gasteiger charge is 2.21. The number of nitrogens with zero attached hydrogens (tertiary/aromatic N) is 2. The van der Waals surface area contributed by atoms with Gasteiger partial charge >= 0.3 is 0 Å². The number of aromatic nitrogens is 1. The van der Waals surface area contributed by atoms with Crippen molar-refractivity contribution in [2.24, 2.45) is 5.92 Å². The van der Waals surface area contributed by atoms with Gasteiger partial charge in [-0.25, -0.2) is 0 Å². The summed E-state index contributed by atoms with van der Waals surface area (Å²) in [6.07, 6.45) is 1.05. The second-order valence-corrected chi connectivity index (χ2v) is 5.07. The summed E-state index contributed by atoms with van der Waals surface area (Å²) in [5.41, 5.74) is 4.36. The Labute approximate surface area is 113 Å². The van der Waals surface area contributed by atoms with Gasteiger partial charge in [0.25, 0.3) is 0 Å². The molecule has 1 aromatic carbocycles. The van der Waals surface area contributed by atoms with Gasteiger partial charge in [0.2, 0.25) is 0 Å². The van der Waals surface area contributed by atoms with E-state index in [1.54, 1.807) is 0 Å². The molecule has 0 aliphatic carbocycles. The van der Waals surface area contributed by atoms with Crippen LogP contribution >= 0.6 is 0 Å². The number of benzene rings is 1. The minimum Gasteiger partial charge on any atom is -0.381 e. The molecule has 2 aromatic rings. The van der Waals surface area contributed by atoms with E-state index < -0.39 is 0 Å². The predicted octanol–water partition coefficient (Wildman–Crippen LogP) is 2.85. The average molecular weight is 252 g/mol. The monoisotopic (exact) mass is 252 g/mol. The lowest BCUT2D eigenvalue weighted by Gasteiger charge is -2.26. The molecule has 0 amide bonds. The smallest absolute Gasteiger partial charge is 0.0991 e. The zero-order valence-corrected chi connectivity index (χ0v) is 11.0. The number of aryl methyl sites for hydroxylation is 1. The van der Waals surface area contributed by atoms with Crippen LogP contribution in [0.3, 0.4) is 0 Å². The highest BCUT2D eigenvalue weighted by Crippen LogP contribution is 2.22. The molecule has 3 rings (SSSR count). The average Bonchev–Trinajstić information content (AvgIpc) is 2.75. The topological polar surface area (TPSA) is 38.0 Å². The van der Waals surface area contributed by atoms with Crippen LogP contribution < -0.4 is 0 Å². The van der Waals surface area contributed by atoms with Gasteiger partial charge in [0.1, 0.15) is 0 Å². The highest BCUT2D eigenvalue weighted by molar-refractivity contribution is 5.42. The Morgan fingerprint density at radius 3 is 2.53 bits per heavy atom. The van der Waals surface area contributed by atoms with Crippen molar-refractivity contribution in [1.82, 2.24) is 4.57 Å². The molecule has 0 saturated carbocycles. The summed E-state index contributed by atoms with van der Waals surface area (Å²) < 4.78 is 7.51. The van der Waals surface area contributed by atoms with Gasteiger partial charge in [-0.3, -0.25) is 0 Å². The van der Waals surface area contributed by atoms with E-state index >= 15 is 0 Å². The Bertz CT molecular complexity index is 615. The SMILES string of the molecule is Cc1ccc(CC2COC2)n1-c1ccc(C#N)cc1. The predicted molar refractivity (Wildman–Crippen MR) is 73.2 cm³/mol. The van der Waals surface area contributed by atoms with Crippen molar-refractivity contribution >= 4 is 0 Å². The molecule has 0 bridgehead atoms. The Morgan fingerprint density at radius 1 is 1.21 bits per heavy atom. The van der Waals surface area contributed by atoms with E-state index in [1.165, 1.54) is 11.4 Å². The van der Waals surface area contributed by atoms with Gasteiger partial charge in [0, 0.05) is 23.0 Å². The third-order valence-electron chi connectivity index (χ3n) is 3.62. The van der Waals surface area contributed by atoms with E-state index in [0.29, 0.717) is 11.5 Å². The molecule has 1 aliphatic heterocycles. The van der Waals surface area contributed by atoms with Gasteiger partial charge in [-0.05, 0) is 49.7 Å². The fourth-order valence-corrected chi connectivity index (χ4v) is 2.50. The number of ether oxygens (including phenoxy) is 1. The largest absolute Gasteiger partial charge is 0.381 e. The summed E-state index contributed by atoms with van der Waals surface area (Å²) >= 11 is 0. The summed E-state index contributed by atoms with van der Waals surface area (Å²) in [7, 11) is 0. The van der Waals surface area contributed by atoms with Crippen LogP contribution in [0.25, 0.3) is 5.69 Å². The molecule has 1 aromatic heterocycles. The van der Waals surface area contributed by atoms with E-state index in [1.807, 2.05) is 24.3 Å². The third kappa shape index (κ3) is 2.27. The molecule has 19 heavy (non-hydrogen) atoms. The first-order valence-electron chi connectivity index (χ1n) is 6.53. The molecular formula is C16H16N2O. The van der Waals surface area contributed by atoms with E-state index in [0.717, 1.165) is 25.3 Å². The molecular weight excluding hydrogens is 236 g/mol. The molecule has 0 spiro atoms. The lowest BCUT2D eigenvalue weighted by Crippen LogP contribution is -2.29. The highest BCUT2D eigenvalue weighted by atomic mass is 16.5. The maximum Gasteiger partial charge on any atom is 0.0991 e. The molecule has 3 nitrogen and oxygen atoms in total.